The number of benzene rings is 1. The van der Waals surface area contributed by atoms with Crippen LogP contribution in [0.25, 0.3) is 11.4 Å². The molecule has 20 heavy (non-hydrogen) atoms. The Morgan fingerprint density at radius 1 is 1.20 bits per heavy atom. The van der Waals surface area contributed by atoms with Gasteiger partial charge in [0.15, 0.2) is 0 Å². The molecule has 6 nitrogen and oxygen atoms in total. The fourth-order valence-corrected chi connectivity index (χ4v) is 1.80. The van der Waals surface area contributed by atoms with Gasteiger partial charge in [0.1, 0.15) is 6.61 Å². The quantitative estimate of drug-likeness (QED) is 0.711. The lowest BCUT2D eigenvalue weighted by atomic mass is 10.2. The minimum atomic E-state index is 0.294. The van der Waals surface area contributed by atoms with Crippen LogP contribution >= 0.6 is 0 Å². The van der Waals surface area contributed by atoms with E-state index in [9.17, 15) is 0 Å². The van der Waals surface area contributed by atoms with Crippen molar-refractivity contribution >= 4 is 0 Å². The third kappa shape index (κ3) is 2.92. The summed E-state index contributed by atoms with van der Waals surface area (Å²) >= 11 is 0. The predicted molar refractivity (Wildman–Crippen MR) is 71.4 cm³/mol. The van der Waals surface area contributed by atoms with Crippen LogP contribution in [0.1, 0.15) is 11.5 Å². The van der Waals surface area contributed by atoms with E-state index in [-0.39, 0.29) is 0 Å². The van der Waals surface area contributed by atoms with Crippen molar-refractivity contribution in [3.63, 3.8) is 0 Å². The molecule has 102 valence electrons. The smallest absolute Gasteiger partial charge is 0.252 e. The summed E-state index contributed by atoms with van der Waals surface area (Å²) in [6.07, 6.45) is 3.53. The van der Waals surface area contributed by atoms with E-state index < -0.39 is 0 Å². The summed E-state index contributed by atoms with van der Waals surface area (Å²) in [6, 6.07) is 9.95. The van der Waals surface area contributed by atoms with Gasteiger partial charge in [-0.05, 0) is 5.56 Å². The molecular weight excluding hydrogens is 256 g/mol. The molecule has 2 heterocycles. The first-order valence-corrected chi connectivity index (χ1v) is 6.24. The minimum absolute atomic E-state index is 0.294. The molecule has 0 bridgehead atoms. The van der Waals surface area contributed by atoms with Crippen LogP contribution in [0.4, 0.5) is 0 Å². The van der Waals surface area contributed by atoms with Gasteiger partial charge >= 0.3 is 0 Å². The monoisotopic (exact) mass is 270 g/mol. The first-order chi connectivity index (χ1) is 9.81. The highest BCUT2D eigenvalue weighted by Crippen LogP contribution is 2.14. The lowest BCUT2D eigenvalue weighted by molar-refractivity contribution is 0.0850. The Kier molecular flexibility index (Phi) is 3.56. The van der Waals surface area contributed by atoms with Gasteiger partial charge in [0.05, 0.1) is 18.4 Å². The normalized spacial score (nSPS) is 10.8. The van der Waals surface area contributed by atoms with E-state index in [0.717, 1.165) is 11.1 Å². The van der Waals surface area contributed by atoms with Gasteiger partial charge in [-0.3, -0.25) is 4.68 Å². The third-order valence-electron chi connectivity index (χ3n) is 2.77. The first-order valence-electron chi connectivity index (χ1n) is 6.24. The zero-order valence-corrected chi connectivity index (χ0v) is 11.1. The second-order valence-electron chi connectivity index (χ2n) is 4.39. The molecule has 0 saturated heterocycles. The maximum Gasteiger partial charge on any atom is 0.252 e. The average molecular weight is 270 g/mol. The van der Waals surface area contributed by atoms with Crippen molar-refractivity contribution in [2.45, 2.75) is 13.2 Å². The highest BCUT2D eigenvalue weighted by molar-refractivity contribution is 5.50. The summed E-state index contributed by atoms with van der Waals surface area (Å²) in [7, 11) is 1.84. The first kappa shape index (κ1) is 12.6. The SMILES string of the molecule is Cn1cc(-c2noc(COCc3ccccc3)n2)cn1. The van der Waals surface area contributed by atoms with Crippen molar-refractivity contribution in [3.8, 4) is 11.4 Å². The van der Waals surface area contributed by atoms with Crippen LogP contribution in [0.15, 0.2) is 47.2 Å². The van der Waals surface area contributed by atoms with E-state index in [1.54, 1.807) is 10.9 Å². The Labute approximate surface area is 116 Å². The number of hydrogen-bond acceptors (Lipinski definition) is 5. The van der Waals surface area contributed by atoms with Gasteiger partial charge in [-0.2, -0.15) is 10.1 Å². The number of ether oxygens (including phenoxy) is 1. The number of aromatic nitrogens is 4. The van der Waals surface area contributed by atoms with Crippen molar-refractivity contribution in [1.29, 1.82) is 0 Å². The summed E-state index contributed by atoms with van der Waals surface area (Å²) in [4.78, 5) is 4.27. The molecular formula is C14H14N4O2. The highest BCUT2D eigenvalue weighted by Gasteiger charge is 2.10. The van der Waals surface area contributed by atoms with Crippen LogP contribution < -0.4 is 0 Å². The van der Waals surface area contributed by atoms with Gasteiger partial charge in [0, 0.05) is 13.2 Å². The summed E-state index contributed by atoms with van der Waals surface area (Å²) in [5.74, 6) is 0.983. The van der Waals surface area contributed by atoms with E-state index >= 15 is 0 Å². The van der Waals surface area contributed by atoms with E-state index in [0.29, 0.717) is 24.9 Å². The zero-order valence-electron chi connectivity index (χ0n) is 11.1. The van der Waals surface area contributed by atoms with Crippen molar-refractivity contribution in [1.82, 2.24) is 19.9 Å². The van der Waals surface area contributed by atoms with Crippen LogP contribution in [0.2, 0.25) is 0 Å². The zero-order chi connectivity index (χ0) is 13.8. The summed E-state index contributed by atoms with van der Waals surface area (Å²) in [5.41, 5.74) is 1.94. The molecule has 0 unspecified atom stereocenters. The maximum absolute atomic E-state index is 5.54. The van der Waals surface area contributed by atoms with Crippen LogP contribution in [0.3, 0.4) is 0 Å². The van der Waals surface area contributed by atoms with Gasteiger partial charge in [-0.1, -0.05) is 35.5 Å². The second kappa shape index (κ2) is 5.66. The lowest BCUT2D eigenvalue weighted by Gasteiger charge is -2.00. The number of hydrogen-bond donors (Lipinski definition) is 0. The van der Waals surface area contributed by atoms with Crippen molar-refractivity contribution in [3.05, 3.63) is 54.2 Å². The van der Waals surface area contributed by atoms with Crippen LogP contribution in [-0.4, -0.2) is 19.9 Å². The van der Waals surface area contributed by atoms with Gasteiger partial charge < -0.3 is 9.26 Å². The fraction of sp³-hybridized carbons (Fsp3) is 0.214. The molecule has 0 aliphatic heterocycles. The van der Waals surface area contributed by atoms with Crippen LogP contribution in [-0.2, 0) is 25.0 Å². The molecule has 3 rings (SSSR count). The van der Waals surface area contributed by atoms with E-state index in [1.165, 1.54) is 0 Å². The molecule has 0 amide bonds. The van der Waals surface area contributed by atoms with Gasteiger partial charge in [-0.15, -0.1) is 0 Å². The second-order valence-corrected chi connectivity index (χ2v) is 4.39. The summed E-state index contributed by atoms with van der Waals surface area (Å²) in [5, 5.41) is 7.97. The van der Waals surface area contributed by atoms with Crippen molar-refractivity contribution in [2.75, 3.05) is 0 Å². The Bertz CT molecular complexity index is 675. The van der Waals surface area contributed by atoms with Crippen molar-refractivity contribution in [2.24, 2.45) is 7.05 Å². The van der Waals surface area contributed by atoms with Gasteiger partial charge in [0.2, 0.25) is 5.82 Å². The molecule has 0 saturated carbocycles. The lowest BCUT2D eigenvalue weighted by Crippen LogP contribution is -1.94. The largest absolute Gasteiger partial charge is 0.367 e. The Morgan fingerprint density at radius 3 is 2.80 bits per heavy atom. The highest BCUT2D eigenvalue weighted by atomic mass is 16.5. The topological polar surface area (TPSA) is 66.0 Å². The fourth-order valence-electron chi connectivity index (χ4n) is 1.80. The van der Waals surface area contributed by atoms with E-state index in [2.05, 4.69) is 15.2 Å². The number of rotatable bonds is 5. The Hall–Kier alpha value is -2.47. The molecule has 0 aliphatic rings. The minimum Gasteiger partial charge on any atom is -0.367 e. The van der Waals surface area contributed by atoms with Crippen LogP contribution in [0, 0.1) is 0 Å². The van der Waals surface area contributed by atoms with Crippen molar-refractivity contribution < 1.29 is 9.26 Å². The Morgan fingerprint density at radius 2 is 2.05 bits per heavy atom. The molecule has 0 aliphatic carbocycles. The molecule has 0 radical (unpaired) electrons. The standard InChI is InChI=1S/C14H14N4O2/c1-18-8-12(7-15-18)14-16-13(20-17-14)10-19-9-11-5-3-2-4-6-11/h2-8H,9-10H2,1H3. The molecule has 6 heteroatoms. The number of nitrogens with zero attached hydrogens (tertiary/aromatic N) is 4. The molecule has 1 aromatic carbocycles. The summed E-state index contributed by atoms with van der Waals surface area (Å²) < 4.78 is 12.4. The van der Waals surface area contributed by atoms with Gasteiger partial charge in [0.25, 0.3) is 5.89 Å². The third-order valence-corrected chi connectivity index (χ3v) is 2.77. The van der Waals surface area contributed by atoms with E-state index in [1.807, 2.05) is 43.6 Å². The predicted octanol–water partition coefficient (Wildman–Crippen LogP) is 2.19. The average Bonchev–Trinajstić information content (AvgIpc) is 3.09. The Balaban J connectivity index is 1.58. The molecule has 0 fully saturated rings. The van der Waals surface area contributed by atoms with E-state index in [4.69, 9.17) is 9.26 Å². The maximum atomic E-state index is 5.54. The molecule has 0 N–H and O–H groups in total. The van der Waals surface area contributed by atoms with Gasteiger partial charge in [-0.25, -0.2) is 0 Å². The molecule has 0 atom stereocenters. The molecule has 2 aromatic heterocycles. The molecule has 3 aromatic rings. The summed E-state index contributed by atoms with van der Waals surface area (Å²) in [6.45, 7) is 0.813. The number of aryl methyl sites for hydroxylation is 1. The molecule has 0 spiro atoms. The van der Waals surface area contributed by atoms with Crippen LogP contribution in [0.5, 0.6) is 0 Å².